The fourth-order valence-electron chi connectivity index (χ4n) is 3.88. The van der Waals surface area contributed by atoms with E-state index in [1.165, 1.54) is 30.1 Å². The smallest absolute Gasteiger partial charge is 0.320 e. The van der Waals surface area contributed by atoms with Crippen molar-refractivity contribution in [2.45, 2.75) is 65.3 Å². The molecule has 0 saturated heterocycles. The second kappa shape index (κ2) is 12.6. The van der Waals surface area contributed by atoms with Gasteiger partial charge in [0.2, 0.25) is 11.8 Å². The average Bonchev–Trinajstić information content (AvgIpc) is 3.21. The van der Waals surface area contributed by atoms with Gasteiger partial charge in [-0.2, -0.15) is 4.98 Å². The van der Waals surface area contributed by atoms with Crippen molar-refractivity contribution in [2.24, 2.45) is 7.05 Å². The van der Waals surface area contributed by atoms with Crippen molar-refractivity contribution in [3.8, 4) is 34.8 Å². The number of aryl methyl sites for hydroxylation is 1. The van der Waals surface area contributed by atoms with Gasteiger partial charge in [0, 0.05) is 25.9 Å². The molecule has 0 amide bonds. The quantitative estimate of drug-likeness (QED) is 0.197. The molecule has 1 atom stereocenters. The predicted molar refractivity (Wildman–Crippen MR) is 151 cm³/mol. The molecule has 0 bridgehead atoms. The highest BCUT2D eigenvalue weighted by Crippen LogP contribution is 2.36. The van der Waals surface area contributed by atoms with Gasteiger partial charge in [0.15, 0.2) is 23.3 Å². The number of rotatable bonds is 11. The van der Waals surface area contributed by atoms with Gasteiger partial charge < -0.3 is 23.7 Å². The number of halogens is 3. The van der Waals surface area contributed by atoms with Crippen LogP contribution in [0.15, 0.2) is 30.5 Å². The highest BCUT2D eigenvalue weighted by Gasteiger charge is 2.29. The van der Waals surface area contributed by atoms with Crippen molar-refractivity contribution in [3.63, 3.8) is 0 Å². The predicted octanol–water partition coefficient (Wildman–Crippen LogP) is 5.72. The number of nitrogens with zero attached hydrogens (tertiary/aromatic N) is 6. The van der Waals surface area contributed by atoms with Crippen molar-refractivity contribution in [3.05, 3.63) is 41.8 Å². The molecule has 0 spiro atoms. The number of methoxy groups -OCH3 is 1. The van der Waals surface area contributed by atoms with E-state index >= 15 is 0 Å². The van der Waals surface area contributed by atoms with Crippen LogP contribution < -0.4 is 18.9 Å². The van der Waals surface area contributed by atoms with Crippen molar-refractivity contribution in [2.75, 3.05) is 20.3 Å². The molecule has 1 aromatic carbocycles. The van der Waals surface area contributed by atoms with Crippen molar-refractivity contribution >= 4 is 11.0 Å². The number of benzene rings is 1. The van der Waals surface area contributed by atoms with E-state index in [1.807, 2.05) is 41.5 Å². The zero-order valence-electron chi connectivity index (χ0n) is 25.3. The SMILES string of the molecule is COCCOc1cc([C@@H](Oc2nn(C)c3nnc(-c4cnc(OC(C)(C)C)nc4OC(C)(C)C)cc23)C(F)F)ccc1F. The molecule has 0 aliphatic rings. The molecule has 0 N–H and O–H groups in total. The lowest BCUT2D eigenvalue weighted by molar-refractivity contribution is 0.00826. The van der Waals surface area contributed by atoms with Gasteiger partial charge in [0.25, 0.3) is 6.43 Å². The van der Waals surface area contributed by atoms with Gasteiger partial charge in [-0.3, -0.25) is 0 Å². The molecule has 0 unspecified atom stereocenters. The Bertz CT molecular complexity index is 1570. The Balaban J connectivity index is 1.74. The van der Waals surface area contributed by atoms with E-state index in [4.69, 9.17) is 23.7 Å². The van der Waals surface area contributed by atoms with Crippen molar-refractivity contribution in [1.82, 2.24) is 29.9 Å². The second-order valence-corrected chi connectivity index (χ2v) is 11.6. The highest BCUT2D eigenvalue weighted by atomic mass is 19.3. The maximum absolute atomic E-state index is 14.3. The summed E-state index contributed by atoms with van der Waals surface area (Å²) in [6.45, 7) is 11.4. The lowest BCUT2D eigenvalue weighted by Gasteiger charge is -2.24. The Kier molecular flexibility index (Phi) is 9.28. The van der Waals surface area contributed by atoms with Crippen LogP contribution in [-0.2, 0) is 11.8 Å². The monoisotopic (exact) mass is 604 g/mol. The number of ether oxygens (including phenoxy) is 5. The Labute approximate surface area is 247 Å². The van der Waals surface area contributed by atoms with Gasteiger partial charge in [0.1, 0.15) is 23.5 Å². The van der Waals surface area contributed by atoms with Crippen LogP contribution in [-0.4, -0.2) is 67.9 Å². The summed E-state index contributed by atoms with van der Waals surface area (Å²) in [6.07, 6.45) is -3.29. The van der Waals surface area contributed by atoms with Crippen LogP contribution in [0.25, 0.3) is 22.3 Å². The first-order valence-electron chi connectivity index (χ1n) is 13.5. The summed E-state index contributed by atoms with van der Waals surface area (Å²) in [4.78, 5) is 8.77. The fraction of sp³-hybridized carbons (Fsp3) is 0.483. The number of aromatic nitrogens is 6. The molecule has 0 saturated carbocycles. The Hall–Kier alpha value is -4.20. The summed E-state index contributed by atoms with van der Waals surface area (Å²) >= 11 is 0. The van der Waals surface area contributed by atoms with Gasteiger partial charge >= 0.3 is 6.01 Å². The van der Waals surface area contributed by atoms with E-state index in [0.29, 0.717) is 10.9 Å². The molecule has 14 heteroatoms. The third-order valence-electron chi connectivity index (χ3n) is 5.66. The normalized spacial score (nSPS) is 12.9. The Morgan fingerprint density at radius 1 is 0.930 bits per heavy atom. The van der Waals surface area contributed by atoms with Crippen LogP contribution in [0.5, 0.6) is 23.5 Å². The minimum atomic E-state index is -2.99. The van der Waals surface area contributed by atoms with E-state index in [2.05, 4.69) is 25.3 Å². The number of alkyl halides is 2. The molecular weight excluding hydrogens is 569 g/mol. The summed E-state index contributed by atoms with van der Waals surface area (Å²) in [7, 11) is 3.04. The molecule has 4 rings (SSSR count). The molecule has 11 nitrogen and oxygen atoms in total. The number of fused-ring (bicyclic) bond motifs is 1. The first kappa shape index (κ1) is 31.7. The molecule has 0 fully saturated rings. The summed E-state index contributed by atoms with van der Waals surface area (Å²) in [5.74, 6) is -0.838. The third-order valence-corrected chi connectivity index (χ3v) is 5.66. The molecular formula is C29H35F3N6O5. The van der Waals surface area contributed by atoms with Crippen LogP contribution in [0.4, 0.5) is 13.2 Å². The van der Waals surface area contributed by atoms with Crippen LogP contribution in [0.1, 0.15) is 53.2 Å². The van der Waals surface area contributed by atoms with Gasteiger partial charge in [0.05, 0.1) is 17.6 Å². The summed E-state index contributed by atoms with van der Waals surface area (Å²) in [5.41, 5.74) is -0.231. The van der Waals surface area contributed by atoms with Crippen LogP contribution in [0.3, 0.4) is 0 Å². The lowest BCUT2D eigenvalue weighted by Crippen LogP contribution is -2.26. The average molecular weight is 605 g/mol. The van der Waals surface area contributed by atoms with Crippen LogP contribution >= 0.6 is 0 Å². The van der Waals surface area contributed by atoms with Gasteiger partial charge in [-0.25, -0.2) is 22.8 Å². The van der Waals surface area contributed by atoms with Crippen LogP contribution in [0, 0.1) is 5.82 Å². The summed E-state index contributed by atoms with van der Waals surface area (Å²) in [5, 5.41) is 13.1. The second-order valence-electron chi connectivity index (χ2n) is 11.6. The molecule has 3 heterocycles. The number of hydrogen-bond acceptors (Lipinski definition) is 10. The zero-order valence-corrected chi connectivity index (χ0v) is 25.3. The maximum Gasteiger partial charge on any atom is 0.320 e. The van der Waals surface area contributed by atoms with Gasteiger partial charge in [-0.1, -0.05) is 6.07 Å². The minimum Gasteiger partial charge on any atom is -0.488 e. The fourth-order valence-corrected chi connectivity index (χ4v) is 3.88. The van der Waals surface area contributed by atoms with Gasteiger partial charge in [-0.05, 0) is 59.7 Å². The van der Waals surface area contributed by atoms with Crippen molar-refractivity contribution < 1.29 is 36.9 Å². The zero-order chi connectivity index (χ0) is 31.5. The Morgan fingerprint density at radius 2 is 1.65 bits per heavy atom. The van der Waals surface area contributed by atoms with Crippen LogP contribution in [0.2, 0.25) is 0 Å². The standard InChI is InChI=1S/C29H35F3N6O5/c1-28(2,3)42-25-18(15-33-27(34-25)43-29(4,5)6)20-14-17-24(36-35-20)38(7)37-26(17)41-22(23(31)32)16-9-10-19(30)21(13-16)40-12-11-39-8/h9-10,13-15,22-23H,11-12H2,1-8H3/t22-/m1/s1. The molecule has 4 aromatic rings. The highest BCUT2D eigenvalue weighted by molar-refractivity contribution is 5.85. The van der Waals surface area contributed by atoms with E-state index in [1.54, 1.807) is 13.1 Å². The van der Waals surface area contributed by atoms with E-state index < -0.39 is 29.5 Å². The number of hydrogen-bond donors (Lipinski definition) is 0. The van der Waals surface area contributed by atoms with E-state index in [-0.39, 0.29) is 53.6 Å². The maximum atomic E-state index is 14.3. The van der Waals surface area contributed by atoms with Crippen molar-refractivity contribution in [1.29, 1.82) is 0 Å². The first-order chi connectivity index (χ1) is 20.1. The van der Waals surface area contributed by atoms with Gasteiger partial charge in [-0.15, -0.1) is 15.3 Å². The molecule has 0 aliphatic heterocycles. The molecule has 43 heavy (non-hydrogen) atoms. The summed E-state index contributed by atoms with van der Waals surface area (Å²) in [6, 6.07) is 5.11. The third kappa shape index (κ3) is 8.00. The van der Waals surface area contributed by atoms with E-state index in [0.717, 1.165) is 6.07 Å². The molecule has 232 valence electrons. The largest absolute Gasteiger partial charge is 0.488 e. The summed E-state index contributed by atoms with van der Waals surface area (Å²) < 4.78 is 72.2. The Morgan fingerprint density at radius 3 is 2.30 bits per heavy atom. The first-order valence-corrected chi connectivity index (χ1v) is 13.5. The minimum absolute atomic E-state index is 0.00596. The van der Waals surface area contributed by atoms with E-state index in [9.17, 15) is 13.2 Å². The molecule has 0 radical (unpaired) electrons. The topological polar surface area (TPSA) is 116 Å². The lowest BCUT2D eigenvalue weighted by atomic mass is 10.1. The molecule has 3 aromatic heterocycles. The molecule has 0 aliphatic carbocycles.